The molecular weight excluding hydrogens is 630 g/mol. The number of likely N-dealkylation sites (tertiary alicyclic amines) is 1. The van der Waals surface area contributed by atoms with Crippen molar-refractivity contribution < 1.29 is 14.3 Å². The molecule has 12 heteroatoms. The van der Waals surface area contributed by atoms with E-state index in [1.807, 2.05) is 49.2 Å². The first-order valence-corrected chi connectivity index (χ1v) is 17.3. The van der Waals surface area contributed by atoms with Gasteiger partial charge in [-0.25, -0.2) is 9.97 Å². The monoisotopic (exact) mass is 669 g/mol. The molecule has 2 saturated heterocycles. The Kier molecular flexibility index (Phi) is 7.41. The molecule has 1 amide bonds. The largest absolute Gasteiger partial charge is 0.441 e. The van der Waals surface area contributed by atoms with Gasteiger partial charge in [0.05, 0.1) is 10.9 Å². The van der Waals surface area contributed by atoms with Crippen LogP contribution in [0.4, 0.5) is 5.69 Å². The number of benzene rings is 3. The van der Waals surface area contributed by atoms with Crippen LogP contribution in [0.25, 0.3) is 50.2 Å². The minimum absolute atomic E-state index is 0.175. The van der Waals surface area contributed by atoms with Crippen LogP contribution in [0.2, 0.25) is 0 Å². The van der Waals surface area contributed by atoms with Crippen molar-refractivity contribution in [3.8, 4) is 22.6 Å². The van der Waals surface area contributed by atoms with Gasteiger partial charge in [0.25, 0.3) is 0 Å². The zero-order valence-electron chi connectivity index (χ0n) is 28.2. The molecule has 0 aliphatic carbocycles. The molecule has 2 atom stereocenters. The van der Waals surface area contributed by atoms with Gasteiger partial charge in [-0.1, -0.05) is 30.3 Å². The van der Waals surface area contributed by atoms with Gasteiger partial charge in [0.15, 0.2) is 17.3 Å². The van der Waals surface area contributed by atoms with E-state index in [0.717, 1.165) is 82.7 Å². The highest BCUT2D eigenvalue weighted by molar-refractivity contribution is 6.03. The minimum Gasteiger partial charge on any atom is -0.441 e. The van der Waals surface area contributed by atoms with Crippen molar-refractivity contribution in [2.75, 3.05) is 44.2 Å². The highest BCUT2D eigenvalue weighted by Crippen LogP contribution is 2.43. The number of oxazole rings is 1. The zero-order valence-corrected chi connectivity index (χ0v) is 28.2. The summed E-state index contributed by atoms with van der Waals surface area (Å²) < 4.78 is 7.36. The molecule has 2 fully saturated rings. The molecule has 2 N–H and O–H groups in total. The minimum atomic E-state index is -0.588. The van der Waals surface area contributed by atoms with E-state index >= 15 is 0 Å². The van der Waals surface area contributed by atoms with Crippen LogP contribution in [0.1, 0.15) is 30.7 Å². The fourth-order valence-corrected chi connectivity index (χ4v) is 8.01. The van der Waals surface area contributed by atoms with E-state index in [9.17, 15) is 9.90 Å². The quantitative estimate of drug-likeness (QED) is 0.241. The van der Waals surface area contributed by atoms with E-state index in [0.29, 0.717) is 32.1 Å². The van der Waals surface area contributed by atoms with E-state index in [-0.39, 0.29) is 5.91 Å². The standard InChI is InChI=1S/C38H39N9O3/c1-24-40-32-19-28(7-10-33(32)50-24)35-30-20-29(8-9-31(30)41-42-35)47-18-14-38(37(47)49)13-17-45(22-38)21-34(48)46-15-11-26(12-16-46)25-3-5-27(6-4-25)36-39-23-44(2)43-36/h3-11,19-20,23,34,48H,12-18,21-22H2,1-2H3,(H,41,42)/t34-,38-/m0/s1. The van der Waals surface area contributed by atoms with Gasteiger partial charge in [0.1, 0.15) is 23.8 Å². The Balaban J connectivity index is 0.840. The lowest BCUT2D eigenvalue weighted by Gasteiger charge is -2.33. The molecule has 3 aromatic heterocycles. The molecule has 1 spiro atoms. The Bertz CT molecular complexity index is 2270. The second kappa shape index (κ2) is 12.0. The van der Waals surface area contributed by atoms with E-state index in [2.05, 4.69) is 71.5 Å². The molecule has 0 unspecified atom stereocenters. The van der Waals surface area contributed by atoms with Crippen LogP contribution in [0, 0.1) is 12.3 Å². The summed E-state index contributed by atoms with van der Waals surface area (Å²) in [4.78, 5) is 29.3. The molecule has 0 saturated carbocycles. The number of rotatable bonds is 7. The fraction of sp³-hybridized carbons (Fsp3) is 0.342. The number of aryl methyl sites for hydroxylation is 2. The van der Waals surface area contributed by atoms with Crippen molar-refractivity contribution in [1.29, 1.82) is 0 Å². The number of nitrogens with one attached hydrogen (secondary N) is 1. The predicted octanol–water partition coefficient (Wildman–Crippen LogP) is 5.01. The molecule has 3 aliphatic rings. The Hall–Kier alpha value is -5.17. The molecule has 3 aromatic carbocycles. The molecule has 3 aliphatic heterocycles. The second-order valence-electron chi connectivity index (χ2n) is 14.0. The van der Waals surface area contributed by atoms with Crippen LogP contribution in [-0.2, 0) is 11.8 Å². The molecule has 6 heterocycles. The van der Waals surface area contributed by atoms with Gasteiger partial charge in [-0.15, -0.1) is 0 Å². The molecule has 6 aromatic rings. The Morgan fingerprint density at radius 1 is 1.00 bits per heavy atom. The average molecular weight is 670 g/mol. The highest BCUT2D eigenvalue weighted by atomic mass is 16.3. The molecule has 12 nitrogen and oxygen atoms in total. The third-order valence-electron chi connectivity index (χ3n) is 10.8. The number of aliphatic hydroxyl groups is 1. The molecule has 0 bridgehead atoms. The van der Waals surface area contributed by atoms with Crippen LogP contribution in [0.3, 0.4) is 0 Å². The first-order chi connectivity index (χ1) is 24.3. The van der Waals surface area contributed by atoms with Gasteiger partial charge in [-0.2, -0.15) is 10.2 Å². The summed E-state index contributed by atoms with van der Waals surface area (Å²) in [6.45, 7) is 6.00. The maximum Gasteiger partial charge on any atom is 0.234 e. The first-order valence-electron chi connectivity index (χ1n) is 17.3. The fourth-order valence-electron chi connectivity index (χ4n) is 8.01. The Morgan fingerprint density at radius 3 is 2.62 bits per heavy atom. The summed E-state index contributed by atoms with van der Waals surface area (Å²) in [5, 5.41) is 24.4. The summed E-state index contributed by atoms with van der Waals surface area (Å²) in [6, 6.07) is 20.4. The summed E-state index contributed by atoms with van der Waals surface area (Å²) in [5.74, 6) is 1.53. The number of hydrogen-bond donors (Lipinski definition) is 2. The van der Waals surface area contributed by atoms with Gasteiger partial charge in [-0.05, 0) is 73.3 Å². The Morgan fingerprint density at radius 2 is 1.82 bits per heavy atom. The molecule has 0 radical (unpaired) electrons. The number of fused-ring (bicyclic) bond motifs is 2. The van der Waals surface area contributed by atoms with Gasteiger partial charge in [-0.3, -0.25) is 24.4 Å². The third-order valence-corrected chi connectivity index (χ3v) is 10.8. The summed E-state index contributed by atoms with van der Waals surface area (Å²) >= 11 is 0. The smallest absolute Gasteiger partial charge is 0.234 e. The number of amides is 1. The molecule has 254 valence electrons. The number of H-pyrrole nitrogens is 1. The van der Waals surface area contributed by atoms with Crippen molar-refractivity contribution in [2.45, 2.75) is 32.4 Å². The maximum atomic E-state index is 14.1. The number of nitrogens with zero attached hydrogens (tertiary/aromatic N) is 8. The van der Waals surface area contributed by atoms with E-state index in [1.165, 1.54) is 11.1 Å². The van der Waals surface area contributed by atoms with Crippen LogP contribution in [0.5, 0.6) is 0 Å². The van der Waals surface area contributed by atoms with Crippen molar-refractivity contribution in [3.05, 3.63) is 84.5 Å². The number of β-amino-alcohol motifs (C(OH)–C–C–N with tert-alkyl or cyclic N) is 1. The van der Waals surface area contributed by atoms with E-state index in [4.69, 9.17) is 4.42 Å². The third kappa shape index (κ3) is 5.40. The summed E-state index contributed by atoms with van der Waals surface area (Å²) in [5.41, 5.74) is 8.16. The average Bonchev–Trinajstić information content (AvgIpc) is 3.97. The summed E-state index contributed by atoms with van der Waals surface area (Å²) in [7, 11) is 1.87. The number of aromatic amines is 1. The van der Waals surface area contributed by atoms with Crippen molar-refractivity contribution in [1.82, 2.24) is 39.7 Å². The number of carbonyl (C=O) groups excluding carboxylic acids is 1. The number of anilines is 1. The zero-order chi connectivity index (χ0) is 34.0. The highest BCUT2D eigenvalue weighted by Gasteiger charge is 2.51. The second-order valence-corrected chi connectivity index (χ2v) is 14.0. The van der Waals surface area contributed by atoms with Crippen molar-refractivity contribution >= 4 is 39.2 Å². The van der Waals surface area contributed by atoms with Crippen LogP contribution in [-0.4, -0.2) is 96.3 Å². The number of aliphatic hydroxyl groups excluding tert-OH is 1. The van der Waals surface area contributed by atoms with E-state index < -0.39 is 11.6 Å². The lowest BCUT2D eigenvalue weighted by Crippen LogP contribution is -2.46. The summed E-state index contributed by atoms with van der Waals surface area (Å²) in [6.07, 6.45) is 5.82. The van der Waals surface area contributed by atoms with Gasteiger partial charge in [0, 0.05) is 68.9 Å². The van der Waals surface area contributed by atoms with Gasteiger partial charge < -0.3 is 14.4 Å². The van der Waals surface area contributed by atoms with Crippen LogP contribution < -0.4 is 4.90 Å². The normalized spacial score (nSPS) is 20.9. The number of aromatic nitrogens is 6. The van der Waals surface area contributed by atoms with Crippen molar-refractivity contribution in [3.63, 3.8) is 0 Å². The molecule has 9 rings (SSSR count). The SMILES string of the molecule is Cc1nc2cc(-c3n[nH]c4ccc(N5CC[C@]6(CCN(C[C@H](O)N7CC=C(c8ccc(-c9ncn(C)n9)cc8)CC7)C6)C5=O)cc34)ccc2o1. The number of hydrogen-bond acceptors (Lipinski definition) is 9. The lowest BCUT2D eigenvalue weighted by molar-refractivity contribution is -0.125. The maximum absolute atomic E-state index is 14.1. The Labute approximate surface area is 289 Å². The van der Waals surface area contributed by atoms with Crippen LogP contribution in [0.15, 0.2) is 77.5 Å². The van der Waals surface area contributed by atoms with Crippen molar-refractivity contribution in [2.24, 2.45) is 12.5 Å². The molecule has 50 heavy (non-hydrogen) atoms. The van der Waals surface area contributed by atoms with Gasteiger partial charge >= 0.3 is 0 Å². The topological polar surface area (TPSA) is 132 Å². The first kappa shape index (κ1) is 30.9. The predicted molar refractivity (Wildman–Crippen MR) is 191 cm³/mol. The number of carbonyl (C=O) groups is 1. The van der Waals surface area contributed by atoms with Gasteiger partial charge in [0.2, 0.25) is 5.91 Å². The lowest BCUT2D eigenvalue weighted by atomic mass is 9.85. The molecular formula is C38H39N9O3. The van der Waals surface area contributed by atoms with E-state index in [1.54, 1.807) is 11.0 Å². The van der Waals surface area contributed by atoms with Crippen LogP contribution >= 0.6 is 0 Å².